The van der Waals surface area contributed by atoms with Crippen LogP contribution in [0.4, 0.5) is 5.69 Å². The van der Waals surface area contributed by atoms with E-state index in [0.29, 0.717) is 17.0 Å². The Morgan fingerprint density at radius 2 is 2.15 bits per heavy atom. The number of halogens is 1. The van der Waals surface area contributed by atoms with Gasteiger partial charge in [0.1, 0.15) is 0 Å². The molecule has 108 valence electrons. The van der Waals surface area contributed by atoms with Crippen LogP contribution in [-0.2, 0) is 10.2 Å². The van der Waals surface area contributed by atoms with Gasteiger partial charge in [-0.25, -0.2) is 0 Å². The number of aliphatic hydroxyl groups excluding tert-OH is 1. The van der Waals surface area contributed by atoms with Gasteiger partial charge in [-0.2, -0.15) is 13.1 Å². The van der Waals surface area contributed by atoms with Crippen LogP contribution < -0.4 is 9.44 Å². The second kappa shape index (κ2) is 6.46. The van der Waals surface area contributed by atoms with Gasteiger partial charge < -0.3 is 5.11 Å². The Hall–Kier alpha value is -1.26. The van der Waals surface area contributed by atoms with E-state index in [1.165, 1.54) is 0 Å². The lowest BCUT2D eigenvalue weighted by molar-refractivity contribution is 0.305. The minimum atomic E-state index is -3.61. The zero-order valence-electron chi connectivity index (χ0n) is 10.7. The SMILES string of the molecule is O=S(=O)(Nc1cc(C#CCCO)ccc1Cl)NC1CC1. The van der Waals surface area contributed by atoms with Gasteiger partial charge in [0.15, 0.2) is 0 Å². The zero-order valence-corrected chi connectivity index (χ0v) is 12.3. The standard InChI is InChI=1S/C13H15ClN2O3S/c14-12-7-4-10(3-1-2-8-17)9-13(12)16-20(18,19)15-11-5-6-11/h4,7,9,11,15-17H,2,5-6,8H2. The predicted molar refractivity (Wildman–Crippen MR) is 78.7 cm³/mol. The summed E-state index contributed by atoms with van der Waals surface area (Å²) in [6.07, 6.45) is 2.09. The van der Waals surface area contributed by atoms with Gasteiger partial charge in [-0.15, -0.1) is 0 Å². The molecule has 0 unspecified atom stereocenters. The molecule has 0 saturated heterocycles. The van der Waals surface area contributed by atoms with Crippen LogP contribution in [0.2, 0.25) is 5.02 Å². The molecule has 1 fully saturated rings. The highest BCUT2D eigenvalue weighted by atomic mass is 35.5. The first-order chi connectivity index (χ1) is 9.50. The number of benzene rings is 1. The third-order valence-corrected chi connectivity index (χ3v) is 4.04. The van der Waals surface area contributed by atoms with E-state index in [-0.39, 0.29) is 18.3 Å². The lowest BCUT2D eigenvalue weighted by atomic mass is 10.2. The van der Waals surface area contributed by atoms with Crippen LogP contribution in [0.5, 0.6) is 0 Å². The van der Waals surface area contributed by atoms with Crippen LogP contribution >= 0.6 is 11.6 Å². The van der Waals surface area contributed by atoms with Gasteiger partial charge in [-0.1, -0.05) is 23.4 Å². The highest BCUT2D eigenvalue weighted by molar-refractivity contribution is 7.90. The summed E-state index contributed by atoms with van der Waals surface area (Å²) >= 11 is 5.97. The molecule has 1 aromatic carbocycles. The van der Waals surface area contributed by atoms with E-state index >= 15 is 0 Å². The molecule has 0 atom stereocenters. The van der Waals surface area contributed by atoms with E-state index < -0.39 is 10.2 Å². The predicted octanol–water partition coefficient (Wildman–Crippen LogP) is 1.48. The molecule has 20 heavy (non-hydrogen) atoms. The largest absolute Gasteiger partial charge is 0.395 e. The first-order valence-corrected chi connectivity index (χ1v) is 8.05. The highest BCUT2D eigenvalue weighted by Gasteiger charge is 2.27. The van der Waals surface area contributed by atoms with Crippen LogP contribution in [0.15, 0.2) is 18.2 Å². The maximum absolute atomic E-state index is 11.8. The Balaban J connectivity index is 2.14. The maximum atomic E-state index is 11.8. The molecule has 0 radical (unpaired) electrons. The van der Waals surface area contributed by atoms with Gasteiger partial charge in [0, 0.05) is 18.0 Å². The molecular formula is C13H15ClN2O3S. The molecule has 1 aliphatic rings. The molecule has 1 aliphatic carbocycles. The summed E-state index contributed by atoms with van der Waals surface area (Å²) in [4.78, 5) is 0. The molecule has 2 rings (SSSR count). The lowest BCUT2D eigenvalue weighted by Gasteiger charge is -2.10. The third-order valence-electron chi connectivity index (χ3n) is 2.58. The summed E-state index contributed by atoms with van der Waals surface area (Å²) in [5, 5.41) is 8.97. The number of nitrogens with one attached hydrogen (secondary N) is 2. The van der Waals surface area contributed by atoms with E-state index in [1.807, 2.05) is 0 Å². The van der Waals surface area contributed by atoms with Crippen molar-refractivity contribution in [1.82, 2.24) is 4.72 Å². The third kappa shape index (κ3) is 4.69. The van der Waals surface area contributed by atoms with Gasteiger partial charge in [-0.3, -0.25) is 4.72 Å². The molecular weight excluding hydrogens is 300 g/mol. The molecule has 0 amide bonds. The number of hydrogen-bond donors (Lipinski definition) is 3. The fourth-order valence-electron chi connectivity index (χ4n) is 1.50. The maximum Gasteiger partial charge on any atom is 0.299 e. The second-order valence-corrected chi connectivity index (χ2v) is 6.32. The molecule has 0 aliphatic heterocycles. The van der Waals surface area contributed by atoms with E-state index in [4.69, 9.17) is 16.7 Å². The van der Waals surface area contributed by atoms with Gasteiger partial charge in [0.05, 0.1) is 17.3 Å². The minimum Gasteiger partial charge on any atom is -0.395 e. The van der Waals surface area contributed by atoms with Crippen LogP contribution in [0.1, 0.15) is 24.8 Å². The minimum absolute atomic E-state index is 0.00855. The first kappa shape index (κ1) is 15.1. The fraction of sp³-hybridized carbons (Fsp3) is 0.385. The molecule has 7 heteroatoms. The summed E-state index contributed by atoms with van der Waals surface area (Å²) in [7, 11) is -3.61. The molecule has 3 N–H and O–H groups in total. The average Bonchev–Trinajstić information content (AvgIpc) is 3.16. The number of aliphatic hydroxyl groups is 1. The normalized spacial score (nSPS) is 14.5. The zero-order chi connectivity index (χ0) is 14.6. The summed E-state index contributed by atoms with van der Waals surface area (Å²) in [5.74, 6) is 5.60. The summed E-state index contributed by atoms with van der Waals surface area (Å²) < 4.78 is 28.6. The number of hydrogen-bond acceptors (Lipinski definition) is 3. The summed E-state index contributed by atoms with van der Waals surface area (Å²) in [5.41, 5.74) is 0.919. The van der Waals surface area contributed by atoms with Crippen molar-refractivity contribution in [2.75, 3.05) is 11.3 Å². The van der Waals surface area contributed by atoms with Crippen molar-refractivity contribution in [3.8, 4) is 11.8 Å². The van der Waals surface area contributed by atoms with Crippen LogP contribution in [0.3, 0.4) is 0 Å². The smallest absolute Gasteiger partial charge is 0.299 e. The average molecular weight is 315 g/mol. The second-order valence-electron chi connectivity index (χ2n) is 4.47. The van der Waals surface area contributed by atoms with Crippen LogP contribution in [-0.4, -0.2) is 26.2 Å². The topological polar surface area (TPSA) is 78.4 Å². The van der Waals surface area contributed by atoms with Crippen molar-refractivity contribution in [2.45, 2.75) is 25.3 Å². The van der Waals surface area contributed by atoms with Crippen LogP contribution in [0, 0.1) is 11.8 Å². The molecule has 5 nitrogen and oxygen atoms in total. The Bertz CT molecular complexity index is 645. The Morgan fingerprint density at radius 3 is 2.80 bits per heavy atom. The highest BCUT2D eigenvalue weighted by Crippen LogP contribution is 2.25. The van der Waals surface area contributed by atoms with Crippen molar-refractivity contribution >= 4 is 27.5 Å². The van der Waals surface area contributed by atoms with Crippen molar-refractivity contribution in [3.63, 3.8) is 0 Å². The van der Waals surface area contributed by atoms with Crippen LogP contribution in [0.25, 0.3) is 0 Å². The monoisotopic (exact) mass is 314 g/mol. The molecule has 0 aromatic heterocycles. The Labute approximate surface area is 123 Å². The van der Waals surface area contributed by atoms with Crippen molar-refractivity contribution in [1.29, 1.82) is 0 Å². The van der Waals surface area contributed by atoms with E-state index in [9.17, 15) is 8.42 Å². The summed E-state index contributed by atoms with van der Waals surface area (Å²) in [6.45, 7) is -0.00855. The first-order valence-electron chi connectivity index (χ1n) is 6.19. The number of rotatable bonds is 5. The molecule has 1 saturated carbocycles. The van der Waals surface area contributed by atoms with Crippen molar-refractivity contribution in [3.05, 3.63) is 28.8 Å². The molecule has 1 aromatic rings. The van der Waals surface area contributed by atoms with E-state index in [2.05, 4.69) is 21.3 Å². The Kier molecular flexibility index (Phi) is 4.89. The number of anilines is 1. The summed E-state index contributed by atoms with van der Waals surface area (Å²) in [6, 6.07) is 4.87. The Morgan fingerprint density at radius 1 is 1.40 bits per heavy atom. The van der Waals surface area contributed by atoms with Gasteiger partial charge in [0.2, 0.25) is 0 Å². The van der Waals surface area contributed by atoms with Crippen molar-refractivity contribution < 1.29 is 13.5 Å². The molecule has 0 spiro atoms. The van der Waals surface area contributed by atoms with Gasteiger partial charge >= 0.3 is 0 Å². The van der Waals surface area contributed by atoms with Gasteiger partial charge in [0.25, 0.3) is 10.2 Å². The van der Waals surface area contributed by atoms with E-state index in [0.717, 1.165) is 12.8 Å². The lowest BCUT2D eigenvalue weighted by Crippen LogP contribution is -2.31. The van der Waals surface area contributed by atoms with Crippen molar-refractivity contribution in [2.24, 2.45) is 0 Å². The molecule has 0 heterocycles. The van der Waals surface area contributed by atoms with E-state index in [1.54, 1.807) is 18.2 Å². The fourth-order valence-corrected chi connectivity index (χ4v) is 2.91. The molecule has 0 bridgehead atoms. The quantitative estimate of drug-likeness (QED) is 0.720. The van der Waals surface area contributed by atoms with Gasteiger partial charge in [-0.05, 0) is 31.0 Å².